The number of benzene rings is 2. The van der Waals surface area contributed by atoms with Crippen molar-refractivity contribution in [2.75, 3.05) is 6.61 Å². The van der Waals surface area contributed by atoms with Crippen molar-refractivity contribution in [2.45, 2.75) is 39.5 Å². The third kappa shape index (κ3) is 7.04. The van der Waals surface area contributed by atoms with E-state index < -0.39 is 7.82 Å². The number of hydrogen-bond donors (Lipinski definition) is 0. The third-order valence-corrected chi connectivity index (χ3v) is 6.04. The first kappa shape index (κ1) is 22.1. The SMILES string of the molecule is CCCCC(CC)COP(=O)(Oc1ccccc1Cl)Oc1ccccc1Cl. The second-order valence-electron chi connectivity index (χ2n) is 6.20. The van der Waals surface area contributed by atoms with E-state index in [4.69, 9.17) is 36.8 Å². The van der Waals surface area contributed by atoms with Gasteiger partial charge in [-0.25, -0.2) is 4.57 Å². The molecule has 2 aromatic rings. The Kier molecular flexibility index (Phi) is 8.98. The fraction of sp³-hybridized carbons (Fsp3) is 0.400. The van der Waals surface area contributed by atoms with E-state index in [1.807, 2.05) is 0 Å². The van der Waals surface area contributed by atoms with Gasteiger partial charge in [0.05, 0.1) is 16.7 Å². The van der Waals surface area contributed by atoms with Gasteiger partial charge in [0, 0.05) is 0 Å². The summed E-state index contributed by atoms with van der Waals surface area (Å²) in [6, 6.07) is 13.5. The Morgan fingerprint density at radius 3 is 1.89 bits per heavy atom. The maximum absolute atomic E-state index is 13.4. The molecular formula is C20H25Cl2O4P. The summed E-state index contributed by atoms with van der Waals surface area (Å²) < 4.78 is 30.3. The molecule has 0 aliphatic carbocycles. The van der Waals surface area contributed by atoms with E-state index >= 15 is 0 Å². The number of rotatable bonds is 11. The summed E-state index contributed by atoms with van der Waals surface area (Å²) in [4.78, 5) is 0. The lowest BCUT2D eigenvalue weighted by molar-refractivity contribution is 0.170. The summed E-state index contributed by atoms with van der Waals surface area (Å²) in [5.41, 5.74) is 0. The van der Waals surface area contributed by atoms with Gasteiger partial charge in [-0.3, -0.25) is 4.52 Å². The molecule has 0 aliphatic heterocycles. The molecule has 1 atom stereocenters. The van der Waals surface area contributed by atoms with Gasteiger partial charge in [-0.15, -0.1) is 0 Å². The van der Waals surface area contributed by atoms with Crippen LogP contribution in [0, 0.1) is 5.92 Å². The second-order valence-corrected chi connectivity index (χ2v) is 8.54. The fourth-order valence-corrected chi connectivity index (χ4v) is 4.24. The molecule has 0 saturated carbocycles. The van der Waals surface area contributed by atoms with Crippen LogP contribution in [0.3, 0.4) is 0 Å². The molecule has 0 radical (unpaired) electrons. The normalized spacial score (nSPS) is 12.6. The Morgan fingerprint density at radius 1 is 0.926 bits per heavy atom. The molecule has 0 amide bonds. The van der Waals surface area contributed by atoms with Gasteiger partial charge in [0.2, 0.25) is 0 Å². The first-order chi connectivity index (χ1) is 13.0. The number of para-hydroxylation sites is 2. The average Bonchev–Trinajstić information content (AvgIpc) is 2.66. The molecule has 148 valence electrons. The van der Waals surface area contributed by atoms with E-state index in [1.54, 1.807) is 48.5 Å². The molecule has 0 spiro atoms. The Bertz CT molecular complexity index is 718. The van der Waals surface area contributed by atoms with E-state index in [1.165, 1.54) is 0 Å². The van der Waals surface area contributed by atoms with Gasteiger partial charge in [-0.2, -0.15) is 0 Å². The Morgan fingerprint density at radius 2 is 1.44 bits per heavy atom. The largest absolute Gasteiger partial charge is 0.587 e. The summed E-state index contributed by atoms with van der Waals surface area (Å²) in [6.07, 6.45) is 4.09. The number of hydrogen-bond acceptors (Lipinski definition) is 4. The molecule has 0 fully saturated rings. The lowest BCUT2D eigenvalue weighted by Gasteiger charge is -2.22. The average molecular weight is 431 g/mol. The zero-order chi connectivity index (χ0) is 19.7. The maximum Gasteiger partial charge on any atom is 0.587 e. The first-order valence-corrected chi connectivity index (χ1v) is 11.3. The van der Waals surface area contributed by atoms with Crippen molar-refractivity contribution in [1.29, 1.82) is 0 Å². The van der Waals surface area contributed by atoms with Crippen LogP contribution in [0.15, 0.2) is 48.5 Å². The highest BCUT2D eigenvalue weighted by molar-refractivity contribution is 7.49. The smallest absolute Gasteiger partial charge is 0.393 e. The molecular weight excluding hydrogens is 406 g/mol. The van der Waals surface area contributed by atoms with Crippen molar-refractivity contribution >= 4 is 31.0 Å². The molecule has 4 nitrogen and oxygen atoms in total. The molecule has 0 saturated heterocycles. The van der Waals surface area contributed by atoms with Gasteiger partial charge in [0.25, 0.3) is 0 Å². The predicted molar refractivity (Wildman–Crippen MR) is 111 cm³/mol. The highest BCUT2D eigenvalue weighted by atomic mass is 35.5. The minimum Gasteiger partial charge on any atom is -0.393 e. The molecule has 1 unspecified atom stereocenters. The van der Waals surface area contributed by atoms with E-state index in [-0.39, 0.29) is 24.0 Å². The van der Waals surface area contributed by atoms with E-state index in [0.717, 1.165) is 25.7 Å². The Labute approximate surface area is 171 Å². The number of phosphoric acid groups is 1. The topological polar surface area (TPSA) is 44.8 Å². The van der Waals surface area contributed by atoms with Crippen molar-refractivity contribution in [3.05, 3.63) is 58.6 Å². The standard InChI is InChI=1S/C20H25Cl2O4P/c1-3-5-10-16(4-2)15-24-27(23,25-19-13-8-6-11-17(19)21)26-20-14-9-7-12-18(20)22/h6-9,11-14,16H,3-5,10,15H2,1-2H3. The van der Waals surface area contributed by atoms with Gasteiger partial charge in [0.15, 0.2) is 11.5 Å². The van der Waals surface area contributed by atoms with Crippen molar-refractivity contribution in [1.82, 2.24) is 0 Å². The molecule has 27 heavy (non-hydrogen) atoms. The lowest BCUT2D eigenvalue weighted by Crippen LogP contribution is -2.12. The van der Waals surface area contributed by atoms with Crippen molar-refractivity contribution in [3.63, 3.8) is 0 Å². The van der Waals surface area contributed by atoms with Gasteiger partial charge in [-0.05, 0) is 36.6 Å². The summed E-state index contributed by atoms with van der Waals surface area (Å²) in [6.45, 7) is 4.49. The Balaban J connectivity index is 2.20. The van der Waals surface area contributed by atoms with Gasteiger partial charge < -0.3 is 9.05 Å². The van der Waals surface area contributed by atoms with Crippen LogP contribution in [0.25, 0.3) is 0 Å². The van der Waals surface area contributed by atoms with Crippen LogP contribution in [0.2, 0.25) is 10.0 Å². The van der Waals surface area contributed by atoms with Crippen LogP contribution >= 0.6 is 31.0 Å². The quantitative estimate of drug-likeness (QED) is 0.341. The van der Waals surface area contributed by atoms with Gasteiger partial charge in [0.1, 0.15) is 0 Å². The molecule has 2 aromatic carbocycles. The van der Waals surface area contributed by atoms with Crippen LogP contribution in [-0.4, -0.2) is 6.61 Å². The van der Waals surface area contributed by atoms with Crippen molar-refractivity contribution in [3.8, 4) is 11.5 Å². The molecule has 0 bridgehead atoms. The molecule has 2 rings (SSSR count). The molecule has 0 aromatic heterocycles. The summed E-state index contributed by atoms with van der Waals surface area (Å²) in [5, 5.41) is 0.643. The number of phosphoric ester groups is 1. The zero-order valence-electron chi connectivity index (χ0n) is 15.6. The van der Waals surface area contributed by atoms with E-state index in [2.05, 4.69) is 13.8 Å². The van der Waals surface area contributed by atoms with Gasteiger partial charge >= 0.3 is 7.82 Å². The summed E-state index contributed by atoms with van der Waals surface area (Å²) >= 11 is 12.3. The van der Waals surface area contributed by atoms with Crippen LogP contribution in [0.5, 0.6) is 11.5 Å². The summed E-state index contributed by atoms with van der Waals surface area (Å²) in [5.74, 6) is 0.732. The molecule has 7 heteroatoms. The van der Waals surface area contributed by atoms with Crippen LogP contribution < -0.4 is 9.05 Å². The van der Waals surface area contributed by atoms with Crippen molar-refractivity contribution < 1.29 is 18.1 Å². The highest BCUT2D eigenvalue weighted by Gasteiger charge is 2.33. The Hall–Kier alpha value is -1.19. The molecule has 0 heterocycles. The van der Waals surface area contributed by atoms with Crippen LogP contribution in [0.1, 0.15) is 39.5 Å². The third-order valence-electron chi connectivity index (χ3n) is 4.11. The minimum absolute atomic E-state index is 0.233. The van der Waals surface area contributed by atoms with Crippen LogP contribution in [0.4, 0.5) is 0 Å². The van der Waals surface area contributed by atoms with Gasteiger partial charge in [-0.1, -0.05) is 80.6 Å². The van der Waals surface area contributed by atoms with E-state index in [0.29, 0.717) is 10.0 Å². The number of unbranched alkanes of at least 4 members (excludes halogenated alkanes) is 1. The van der Waals surface area contributed by atoms with E-state index in [9.17, 15) is 4.57 Å². The lowest BCUT2D eigenvalue weighted by atomic mass is 10.0. The fourth-order valence-electron chi connectivity index (χ4n) is 2.44. The molecule has 0 N–H and O–H groups in total. The van der Waals surface area contributed by atoms with Crippen LogP contribution in [-0.2, 0) is 9.09 Å². The first-order valence-electron chi connectivity index (χ1n) is 9.10. The minimum atomic E-state index is -3.99. The summed E-state index contributed by atoms with van der Waals surface area (Å²) in [7, 11) is -3.99. The monoisotopic (exact) mass is 430 g/mol. The number of halogens is 2. The maximum atomic E-state index is 13.4. The highest BCUT2D eigenvalue weighted by Crippen LogP contribution is 2.52. The zero-order valence-corrected chi connectivity index (χ0v) is 18.0. The predicted octanol–water partition coefficient (Wildman–Crippen LogP) is 7.79. The second kappa shape index (κ2) is 11.0. The molecule has 0 aliphatic rings. The van der Waals surface area contributed by atoms with Crippen molar-refractivity contribution in [2.24, 2.45) is 5.92 Å².